The van der Waals surface area contributed by atoms with Crippen LogP contribution in [0.25, 0.3) is 0 Å². The molecular formula is C18H15ClF3N5. The van der Waals surface area contributed by atoms with Crippen molar-refractivity contribution in [3.63, 3.8) is 0 Å². The molecule has 4 heterocycles. The van der Waals surface area contributed by atoms with E-state index in [1.165, 1.54) is 12.4 Å². The van der Waals surface area contributed by atoms with E-state index in [1.807, 2.05) is 11.0 Å². The molecule has 5 nitrogen and oxygen atoms in total. The first-order valence-corrected chi connectivity index (χ1v) is 8.85. The summed E-state index contributed by atoms with van der Waals surface area (Å²) in [5.74, 6) is 1.25. The number of pyridine rings is 2. The number of anilines is 2. The van der Waals surface area contributed by atoms with Crippen LogP contribution in [0, 0.1) is 17.2 Å². The minimum atomic E-state index is -4.39. The van der Waals surface area contributed by atoms with E-state index in [2.05, 4.69) is 14.9 Å². The average Bonchev–Trinajstić information content (AvgIpc) is 3.22. The molecule has 2 aliphatic rings. The molecule has 0 aliphatic carbocycles. The van der Waals surface area contributed by atoms with Crippen molar-refractivity contribution in [2.24, 2.45) is 5.92 Å². The molecule has 0 N–H and O–H groups in total. The molecule has 4 rings (SSSR count). The number of nitrogens with zero attached hydrogens (tertiary/aromatic N) is 5. The molecule has 2 aliphatic heterocycles. The Bertz CT molecular complexity index is 911. The van der Waals surface area contributed by atoms with Crippen molar-refractivity contribution in [2.75, 3.05) is 29.4 Å². The molecule has 2 fully saturated rings. The zero-order chi connectivity index (χ0) is 19.2. The summed E-state index contributed by atoms with van der Waals surface area (Å²) < 4.78 is 38.9. The molecule has 27 heavy (non-hydrogen) atoms. The second-order valence-corrected chi connectivity index (χ2v) is 7.16. The molecule has 0 saturated carbocycles. The quantitative estimate of drug-likeness (QED) is 0.778. The minimum absolute atomic E-state index is 0.0966. The van der Waals surface area contributed by atoms with E-state index in [4.69, 9.17) is 16.9 Å². The molecule has 9 heteroatoms. The standard InChI is InChI=1S/C18H15ClF3N5/c19-14-5-11(7-23)8-25-17(14)27-4-2-12-9-26(10-15(12)27)16-6-13(1-3-24-16)18(20,21)22/h1,3,5-6,8,12,15H,2,4,9-10H2. The van der Waals surface area contributed by atoms with Crippen LogP contribution >= 0.6 is 11.6 Å². The second kappa shape index (κ2) is 6.57. The summed E-state index contributed by atoms with van der Waals surface area (Å²) in [5, 5.41) is 9.36. The first-order chi connectivity index (χ1) is 12.9. The SMILES string of the molecule is N#Cc1cnc(N2CCC3CN(c4cc(C(F)(F)F)ccn4)CC32)c(Cl)c1. The Morgan fingerprint density at radius 1 is 1.22 bits per heavy atom. The fourth-order valence-corrected chi connectivity index (χ4v) is 4.16. The largest absolute Gasteiger partial charge is 0.416 e. The molecule has 0 radical (unpaired) electrons. The normalized spacial score (nSPS) is 22.0. The third-order valence-electron chi connectivity index (χ3n) is 5.17. The van der Waals surface area contributed by atoms with Crippen LogP contribution in [0.1, 0.15) is 17.5 Å². The maximum absolute atomic E-state index is 13.0. The van der Waals surface area contributed by atoms with Gasteiger partial charge in [0.25, 0.3) is 0 Å². The molecule has 0 spiro atoms. The summed E-state index contributed by atoms with van der Waals surface area (Å²) in [6.07, 6.45) is -0.809. The number of nitriles is 1. The third-order valence-corrected chi connectivity index (χ3v) is 5.45. The van der Waals surface area contributed by atoms with E-state index in [0.717, 1.165) is 25.1 Å². The van der Waals surface area contributed by atoms with Crippen molar-refractivity contribution in [1.82, 2.24) is 9.97 Å². The lowest BCUT2D eigenvalue weighted by atomic mass is 10.1. The van der Waals surface area contributed by atoms with Crippen molar-refractivity contribution < 1.29 is 13.2 Å². The molecule has 2 atom stereocenters. The lowest BCUT2D eigenvalue weighted by molar-refractivity contribution is -0.137. The van der Waals surface area contributed by atoms with Crippen molar-refractivity contribution >= 4 is 23.2 Å². The van der Waals surface area contributed by atoms with Crippen molar-refractivity contribution in [2.45, 2.75) is 18.6 Å². The highest BCUT2D eigenvalue weighted by Gasteiger charge is 2.43. The van der Waals surface area contributed by atoms with Crippen LogP contribution in [0.2, 0.25) is 5.02 Å². The van der Waals surface area contributed by atoms with E-state index in [-0.39, 0.29) is 6.04 Å². The van der Waals surface area contributed by atoms with Gasteiger partial charge >= 0.3 is 6.18 Å². The highest BCUT2D eigenvalue weighted by Crippen LogP contribution is 2.39. The van der Waals surface area contributed by atoms with Gasteiger partial charge in [0.1, 0.15) is 17.7 Å². The zero-order valence-corrected chi connectivity index (χ0v) is 14.9. The first-order valence-electron chi connectivity index (χ1n) is 8.47. The van der Waals surface area contributed by atoms with Gasteiger partial charge in [-0.1, -0.05) is 11.6 Å². The Labute approximate surface area is 159 Å². The molecular weight excluding hydrogens is 379 g/mol. The van der Waals surface area contributed by atoms with Crippen LogP contribution in [0.4, 0.5) is 24.8 Å². The highest BCUT2D eigenvalue weighted by atomic mass is 35.5. The predicted molar refractivity (Wildman–Crippen MR) is 94.7 cm³/mol. The van der Waals surface area contributed by atoms with Crippen molar-refractivity contribution in [3.8, 4) is 6.07 Å². The van der Waals surface area contributed by atoms with Crippen molar-refractivity contribution in [1.29, 1.82) is 5.26 Å². The molecule has 2 saturated heterocycles. The Morgan fingerprint density at radius 2 is 2.04 bits per heavy atom. The van der Waals surface area contributed by atoms with Crippen LogP contribution in [0.3, 0.4) is 0 Å². The average molecular weight is 394 g/mol. The smallest absolute Gasteiger partial charge is 0.354 e. The topological polar surface area (TPSA) is 56.1 Å². The Hall–Kier alpha value is -2.53. The van der Waals surface area contributed by atoms with Gasteiger partial charge in [-0.15, -0.1) is 0 Å². The second-order valence-electron chi connectivity index (χ2n) is 6.76. The van der Waals surface area contributed by atoms with Gasteiger partial charge in [0.2, 0.25) is 0 Å². The lowest BCUT2D eigenvalue weighted by Crippen LogP contribution is -2.36. The minimum Gasteiger partial charge on any atom is -0.354 e. The maximum Gasteiger partial charge on any atom is 0.416 e. The fourth-order valence-electron chi connectivity index (χ4n) is 3.88. The van der Waals surface area contributed by atoms with Gasteiger partial charge in [0.05, 0.1) is 22.2 Å². The summed E-state index contributed by atoms with van der Waals surface area (Å²) in [5.41, 5.74) is -0.307. The fraction of sp³-hybridized carbons (Fsp3) is 0.389. The van der Waals surface area contributed by atoms with Gasteiger partial charge in [0.15, 0.2) is 0 Å². The Kier molecular flexibility index (Phi) is 4.35. The number of rotatable bonds is 2. The van der Waals surface area contributed by atoms with Crippen LogP contribution in [-0.2, 0) is 6.18 Å². The van der Waals surface area contributed by atoms with E-state index < -0.39 is 11.7 Å². The molecule has 0 amide bonds. The van der Waals surface area contributed by atoms with E-state index in [1.54, 1.807) is 6.07 Å². The van der Waals surface area contributed by atoms with E-state index in [9.17, 15) is 13.2 Å². The molecule has 2 unspecified atom stereocenters. The highest BCUT2D eigenvalue weighted by molar-refractivity contribution is 6.33. The number of aromatic nitrogens is 2. The number of fused-ring (bicyclic) bond motifs is 1. The van der Waals surface area contributed by atoms with Crippen LogP contribution in [0.15, 0.2) is 30.6 Å². The molecule has 2 aromatic rings. The number of halogens is 4. The summed E-state index contributed by atoms with van der Waals surface area (Å²) in [6, 6.07) is 5.76. The predicted octanol–water partition coefficient (Wildman–Crippen LogP) is 3.74. The summed E-state index contributed by atoms with van der Waals surface area (Å²) in [4.78, 5) is 12.4. The number of hydrogen-bond acceptors (Lipinski definition) is 5. The van der Waals surface area contributed by atoms with Gasteiger partial charge in [-0.2, -0.15) is 18.4 Å². The number of alkyl halides is 3. The van der Waals surface area contributed by atoms with Crippen LogP contribution in [-0.4, -0.2) is 35.6 Å². The monoisotopic (exact) mass is 393 g/mol. The Balaban J connectivity index is 1.57. The number of hydrogen-bond donors (Lipinski definition) is 0. The molecule has 2 aromatic heterocycles. The Morgan fingerprint density at radius 3 is 2.74 bits per heavy atom. The first kappa shape index (κ1) is 17.9. The zero-order valence-electron chi connectivity index (χ0n) is 14.1. The molecule has 140 valence electrons. The summed E-state index contributed by atoms with van der Waals surface area (Å²) in [7, 11) is 0. The molecule has 0 aromatic carbocycles. The van der Waals surface area contributed by atoms with Gasteiger partial charge in [-0.05, 0) is 24.6 Å². The summed E-state index contributed by atoms with van der Waals surface area (Å²) in [6.45, 7) is 1.97. The van der Waals surface area contributed by atoms with Crippen LogP contribution in [0.5, 0.6) is 0 Å². The third kappa shape index (κ3) is 3.28. The lowest BCUT2D eigenvalue weighted by Gasteiger charge is -2.27. The van der Waals surface area contributed by atoms with Gasteiger partial charge in [-0.3, -0.25) is 0 Å². The van der Waals surface area contributed by atoms with Gasteiger partial charge in [-0.25, -0.2) is 9.97 Å². The van der Waals surface area contributed by atoms with Gasteiger partial charge < -0.3 is 9.80 Å². The summed E-state index contributed by atoms with van der Waals surface area (Å²) >= 11 is 6.30. The van der Waals surface area contributed by atoms with E-state index in [0.29, 0.717) is 41.2 Å². The van der Waals surface area contributed by atoms with Crippen LogP contribution < -0.4 is 9.80 Å². The van der Waals surface area contributed by atoms with Gasteiger partial charge in [0, 0.05) is 37.9 Å². The van der Waals surface area contributed by atoms with Crippen molar-refractivity contribution in [3.05, 3.63) is 46.7 Å². The van der Waals surface area contributed by atoms with E-state index >= 15 is 0 Å². The molecule has 0 bridgehead atoms. The maximum atomic E-state index is 13.0.